The zero-order chi connectivity index (χ0) is 16.5. The standard InChI is InChI=1S/C17H16ClFO3/c1-12(19)3-9-15(17(21)11-18)16(20)10-6-13-4-7-14(22-2)8-5-13/h3-10,21H,1,11H2,2H3/b9-3-,10-6+,17-15-. The van der Waals surface area contributed by atoms with E-state index in [1.54, 1.807) is 37.5 Å². The normalized spacial score (nSPS) is 12.5. The maximum absolute atomic E-state index is 12.7. The number of carbonyl (C=O) groups excluding carboxylic acids is 1. The van der Waals surface area contributed by atoms with Crippen LogP contribution in [0.25, 0.3) is 6.08 Å². The number of halogens is 2. The highest BCUT2D eigenvalue weighted by molar-refractivity contribution is 6.20. The van der Waals surface area contributed by atoms with Crippen LogP contribution in [0.15, 0.2) is 66.2 Å². The van der Waals surface area contributed by atoms with Crippen LogP contribution >= 0.6 is 11.6 Å². The third-order valence-electron chi connectivity index (χ3n) is 2.68. The molecule has 0 bridgehead atoms. The molecule has 0 saturated heterocycles. The van der Waals surface area contributed by atoms with Crippen molar-refractivity contribution in [3.05, 3.63) is 71.8 Å². The van der Waals surface area contributed by atoms with Gasteiger partial charge in [0.1, 0.15) is 17.3 Å². The van der Waals surface area contributed by atoms with Crippen molar-refractivity contribution in [2.45, 2.75) is 0 Å². The Kier molecular flexibility index (Phi) is 7.13. The Bertz CT molecular complexity index is 628. The molecule has 0 unspecified atom stereocenters. The average molecular weight is 323 g/mol. The Morgan fingerprint density at radius 1 is 1.32 bits per heavy atom. The van der Waals surface area contributed by atoms with Gasteiger partial charge in [0.15, 0.2) is 5.78 Å². The lowest BCUT2D eigenvalue weighted by Gasteiger charge is -2.01. The third-order valence-corrected chi connectivity index (χ3v) is 2.93. The van der Waals surface area contributed by atoms with E-state index in [4.69, 9.17) is 16.3 Å². The summed E-state index contributed by atoms with van der Waals surface area (Å²) in [5, 5.41) is 9.64. The summed E-state index contributed by atoms with van der Waals surface area (Å²) in [4.78, 5) is 12.1. The van der Waals surface area contributed by atoms with Crippen LogP contribution < -0.4 is 4.74 Å². The Hall–Kier alpha value is -2.33. The molecule has 0 fully saturated rings. The molecule has 1 rings (SSSR count). The van der Waals surface area contributed by atoms with Gasteiger partial charge in [0.05, 0.1) is 18.6 Å². The number of allylic oxidation sites excluding steroid dienone is 6. The van der Waals surface area contributed by atoms with Crippen LogP contribution in [0.4, 0.5) is 4.39 Å². The molecule has 116 valence electrons. The summed E-state index contributed by atoms with van der Waals surface area (Å²) in [7, 11) is 1.56. The molecule has 0 radical (unpaired) electrons. The van der Waals surface area contributed by atoms with E-state index >= 15 is 0 Å². The molecule has 0 heterocycles. The number of hydrogen-bond acceptors (Lipinski definition) is 3. The summed E-state index contributed by atoms with van der Waals surface area (Å²) < 4.78 is 17.7. The maximum atomic E-state index is 12.7. The minimum Gasteiger partial charge on any atom is -0.510 e. The van der Waals surface area contributed by atoms with Crippen molar-refractivity contribution in [1.82, 2.24) is 0 Å². The molecule has 1 aromatic carbocycles. The predicted molar refractivity (Wildman–Crippen MR) is 86.8 cm³/mol. The number of ether oxygens (including phenoxy) is 1. The number of rotatable bonds is 7. The predicted octanol–water partition coefficient (Wildman–Crippen LogP) is 4.37. The van der Waals surface area contributed by atoms with Gasteiger partial charge in [-0.15, -0.1) is 11.6 Å². The van der Waals surface area contributed by atoms with Crippen molar-refractivity contribution in [2.24, 2.45) is 0 Å². The van der Waals surface area contributed by atoms with E-state index in [1.807, 2.05) is 0 Å². The fourth-order valence-electron chi connectivity index (χ4n) is 1.54. The highest BCUT2D eigenvalue weighted by atomic mass is 35.5. The molecular formula is C17H16ClFO3. The fraction of sp³-hybridized carbons (Fsp3) is 0.118. The number of ketones is 1. The number of aliphatic hydroxyl groups excluding tert-OH is 1. The van der Waals surface area contributed by atoms with Crippen molar-refractivity contribution in [3.63, 3.8) is 0 Å². The molecular weight excluding hydrogens is 307 g/mol. The molecule has 0 aliphatic rings. The monoisotopic (exact) mass is 322 g/mol. The van der Waals surface area contributed by atoms with Crippen molar-refractivity contribution >= 4 is 23.5 Å². The van der Waals surface area contributed by atoms with E-state index in [1.165, 1.54) is 6.08 Å². The van der Waals surface area contributed by atoms with Gasteiger partial charge < -0.3 is 9.84 Å². The zero-order valence-electron chi connectivity index (χ0n) is 12.1. The van der Waals surface area contributed by atoms with Crippen LogP contribution in [0.2, 0.25) is 0 Å². The summed E-state index contributed by atoms with van der Waals surface area (Å²) >= 11 is 5.51. The lowest BCUT2D eigenvalue weighted by molar-refractivity contribution is -0.111. The number of hydrogen-bond donors (Lipinski definition) is 1. The van der Waals surface area contributed by atoms with Crippen LogP contribution in [0.3, 0.4) is 0 Å². The Balaban J connectivity index is 2.95. The van der Waals surface area contributed by atoms with Gasteiger partial charge in [0, 0.05) is 0 Å². The Morgan fingerprint density at radius 2 is 1.95 bits per heavy atom. The van der Waals surface area contributed by atoms with Gasteiger partial charge >= 0.3 is 0 Å². The Morgan fingerprint density at radius 3 is 2.45 bits per heavy atom. The second-order valence-corrected chi connectivity index (χ2v) is 4.51. The van der Waals surface area contributed by atoms with Gasteiger partial charge in [0.2, 0.25) is 0 Å². The van der Waals surface area contributed by atoms with Gasteiger partial charge in [0.25, 0.3) is 0 Å². The molecule has 3 nitrogen and oxygen atoms in total. The first-order valence-electron chi connectivity index (χ1n) is 6.35. The van der Waals surface area contributed by atoms with Crippen LogP contribution in [-0.2, 0) is 4.79 Å². The van der Waals surface area contributed by atoms with Gasteiger partial charge in [-0.25, -0.2) is 4.39 Å². The van der Waals surface area contributed by atoms with E-state index in [-0.39, 0.29) is 17.2 Å². The summed E-state index contributed by atoms with van der Waals surface area (Å²) in [6.45, 7) is 3.05. The number of benzene rings is 1. The van der Waals surface area contributed by atoms with Crippen LogP contribution in [0.5, 0.6) is 5.75 Å². The molecule has 0 atom stereocenters. The second-order valence-electron chi connectivity index (χ2n) is 4.24. The van der Waals surface area contributed by atoms with Crippen molar-refractivity contribution in [1.29, 1.82) is 0 Å². The summed E-state index contributed by atoms with van der Waals surface area (Å²) in [5.41, 5.74) is 0.691. The maximum Gasteiger partial charge on any atom is 0.189 e. The molecule has 0 aliphatic heterocycles. The van der Waals surface area contributed by atoms with E-state index in [2.05, 4.69) is 6.58 Å². The van der Waals surface area contributed by atoms with Crippen molar-refractivity contribution in [2.75, 3.05) is 13.0 Å². The molecule has 5 heteroatoms. The van der Waals surface area contributed by atoms with Crippen LogP contribution in [0.1, 0.15) is 5.56 Å². The second kappa shape index (κ2) is 8.85. The lowest BCUT2D eigenvalue weighted by Crippen LogP contribution is -2.02. The van der Waals surface area contributed by atoms with Gasteiger partial charge in [-0.3, -0.25) is 4.79 Å². The van der Waals surface area contributed by atoms with E-state index < -0.39 is 11.6 Å². The number of aliphatic hydroxyl groups is 1. The van der Waals surface area contributed by atoms with Crippen LogP contribution in [0, 0.1) is 0 Å². The largest absolute Gasteiger partial charge is 0.510 e. The van der Waals surface area contributed by atoms with Gasteiger partial charge in [-0.05, 0) is 35.9 Å². The third kappa shape index (κ3) is 5.58. The number of methoxy groups -OCH3 is 1. The van der Waals surface area contributed by atoms with Crippen molar-refractivity contribution < 1.29 is 19.0 Å². The van der Waals surface area contributed by atoms with E-state index in [0.29, 0.717) is 5.75 Å². The molecule has 0 aromatic heterocycles. The topological polar surface area (TPSA) is 46.5 Å². The highest BCUT2D eigenvalue weighted by Crippen LogP contribution is 2.14. The van der Waals surface area contributed by atoms with E-state index in [0.717, 1.165) is 17.7 Å². The van der Waals surface area contributed by atoms with E-state index in [9.17, 15) is 14.3 Å². The fourth-order valence-corrected chi connectivity index (χ4v) is 1.69. The lowest BCUT2D eigenvalue weighted by atomic mass is 10.1. The quantitative estimate of drug-likeness (QED) is 0.351. The summed E-state index contributed by atoms with van der Waals surface area (Å²) in [6.07, 6.45) is 4.96. The first kappa shape index (κ1) is 17.7. The summed E-state index contributed by atoms with van der Waals surface area (Å²) in [5.74, 6) is -1.10. The SMILES string of the molecule is C=C(F)/C=C\C(C(=O)/C=C/c1ccc(OC)cc1)=C(\O)CCl. The van der Waals surface area contributed by atoms with Gasteiger partial charge in [-0.1, -0.05) is 24.8 Å². The molecule has 0 spiro atoms. The number of alkyl halides is 1. The van der Waals surface area contributed by atoms with Crippen molar-refractivity contribution in [3.8, 4) is 5.75 Å². The molecule has 1 N–H and O–H groups in total. The minimum atomic E-state index is -0.730. The Labute approximate surface area is 133 Å². The molecule has 1 aromatic rings. The molecule has 0 amide bonds. The first-order valence-corrected chi connectivity index (χ1v) is 6.88. The molecule has 22 heavy (non-hydrogen) atoms. The average Bonchev–Trinajstić information content (AvgIpc) is 2.52. The smallest absolute Gasteiger partial charge is 0.189 e. The number of carbonyl (C=O) groups is 1. The van der Waals surface area contributed by atoms with Gasteiger partial charge in [-0.2, -0.15) is 0 Å². The highest BCUT2D eigenvalue weighted by Gasteiger charge is 2.09. The first-order chi connectivity index (χ1) is 10.5. The zero-order valence-corrected chi connectivity index (χ0v) is 12.8. The van der Waals surface area contributed by atoms with Crippen LogP contribution in [-0.4, -0.2) is 23.9 Å². The molecule has 0 aliphatic carbocycles. The summed E-state index contributed by atoms with van der Waals surface area (Å²) in [6, 6.07) is 7.05. The minimum absolute atomic E-state index is 0.0847. The molecule has 0 saturated carbocycles.